The SMILES string of the molecule is CCC(F)(F)c1ccc(C2CNCCN2C)cc1. The van der Waals surface area contributed by atoms with Gasteiger partial charge in [0, 0.05) is 37.7 Å². The molecule has 4 heteroatoms. The molecule has 18 heavy (non-hydrogen) atoms. The molecule has 2 rings (SSSR count). The second kappa shape index (κ2) is 5.33. The molecule has 1 unspecified atom stereocenters. The maximum atomic E-state index is 13.5. The van der Waals surface area contributed by atoms with E-state index in [9.17, 15) is 8.78 Å². The molecule has 1 N–H and O–H groups in total. The maximum Gasteiger partial charge on any atom is 0.273 e. The molecular formula is C14H20F2N2. The summed E-state index contributed by atoms with van der Waals surface area (Å²) >= 11 is 0. The number of nitrogens with one attached hydrogen (secondary N) is 1. The quantitative estimate of drug-likeness (QED) is 0.892. The van der Waals surface area contributed by atoms with Gasteiger partial charge in [0.15, 0.2) is 0 Å². The summed E-state index contributed by atoms with van der Waals surface area (Å²) in [6.45, 7) is 4.35. The van der Waals surface area contributed by atoms with Crippen molar-refractivity contribution in [3.05, 3.63) is 35.4 Å². The summed E-state index contributed by atoms with van der Waals surface area (Å²) in [6, 6.07) is 7.05. The van der Waals surface area contributed by atoms with Gasteiger partial charge in [-0.2, -0.15) is 0 Å². The molecule has 1 aromatic carbocycles. The first-order chi connectivity index (χ1) is 8.54. The number of alkyl halides is 2. The first-order valence-corrected chi connectivity index (χ1v) is 6.44. The van der Waals surface area contributed by atoms with E-state index in [-0.39, 0.29) is 18.0 Å². The fourth-order valence-electron chi connectivity index (χ4n) is 2.33. The molecule has 2 nitrogen and oxygen atoms in total. The molecule has 1 fully saturated rings. The lowest BCUT2D eigenvalue weighted by atomic mass is 9.99. The van der Waals surface area contributed by atoms with Gasteiger partial charge in [-0.1, -0.05) is 31.2 Å². The highest BCUT2D eigenvalue weighted by Gasteiger charge is 2.29. The highest BCUT2D eigenvalue weighted by molar-refractivity contribution is 5.28. The normalized spacial score (nSPS) is 22.1. The average Bonchev–Trinajstić information content (AvgIpc) is 2.39. The largest absolute Gasteiger partial charge is 0.314 e. The maximum absolute atomic E-state index is 13.5. The molecule has 0 aliphatic carbocycles. The van der Waals surface area contributed by atoms with E-state index in [4.69, 9.17) is 0 Å². The molecule has 100 valence electrons. The number of rotatable bonds is 3. The standard InChI is InChI=1S/C14H20F2N2/c1-3-14(15,16)12-6-4-11(5-7-12)13-10-17-8-9-18(13)2/h4-7,13,17H,3,8-10H2,1-2H3. The molecule has 0 bridgehead atoms. The molecule has 0 amide bonds. The highest BCUT2D eigenvalue weighted by atomic mass is 19.3. The Kier molecular flexibility index (Phi) is 3.97. The molecule has 0 aromatic heterocycles. The number of nitrogens with zero attached hydrogens (tertiary/aromatic N) is 1. The van der Waals surface area contributed by atoms with Crippen LogP contribution in [0.15, 0.2) is 24.3 Å². The average molecular weight is 254 g/mol. The number of hydrogen-bond donors (Lipinski definition) is 1. The van der Waals surface area contributed by atoms with Gasteiger partial charge in [-0.25, -0.2) is 8.78 Å². The number of hydrogen-bond acceptors (Lipinski definition) is 2. The van der Waals surface area contributed by atoms with Crippen molar-refractivity contribution >= 4 is 0 Å². The van der Waals surface area contributed by atoms with Crippen LogP contribution in [0.25, 0.3) is 0 Å². The smallest absolute Gasteiger partial charge is 0.273 e. The van der Waals surface area contributed by atoms with E-state index in [1.54, 1.807) is 12.1 Å². The minimum absolute atomic E-state index is 0.111. The Morgan fingerprint density at radius 1 is 1.33 bits per heavy atom. The highest BCUT2D eigenvalue weighted by Crippen LogP contribution is 2.32. The molecular weight excluding hydrogens is 234 g/mol. The fourth-order valence-corrected chi connectivity index (χ4v) is 2.33. The number of halogens is 2. The third-order valence-electron chi connectivity index (χ3n) is 3.67. The predicted molar refractivity (Wildman–Crippen MR) is 68.9 cm³/mol. The molecule has 0 saturated carbocycles. The Morgan fingerprint density at radius 3 is 2.56 bits per heavy atom. The van der Waals surface area contributed by atoms with Crippen molar-refractivity contribution in [3.63, 3.8) is 0 Å². The van der Waals surface area contributed by atoms with Crippen LogP contribution in [0.2, 0.25) is 0 Å². The van der Waals surface area contributed by atoms with Crippen molar-refractivity contribution < 1.29 is 8.78 Å². The van der Waals surface area contributed by atoms with Crippen LogP contribution in [-0.4, -0.2) is 31.6 Å². The summed E-state index contributed by atoms with van der Waals surface area (Å²) < 4.78 is 27.0. The molecule has 1 saturated heterocycles. The van der Waals surface area contributed by atoms with Gasteiger partial charge in [0.25, 0.3) is 5.92 Å². The van der Waals surface area contributed by atoms with Gasteiger partial charge >= 0.3 is 0 Å². The molecule has 1 aliphatic rings. The zero-order chi connectivity index (χ0) is 13.2. The Morgan fingerprint density at radius 2 is 2.00 bits per heavy atom. The van der Waals surface area contributed by atoms with Crippen LogP contribution in [0.3, 0.4) is 0 Å². The zero-order valence-electron chi connectivity index (χ0n) is 10.9. The number of piperazine rings is 1. The number of likely N-dealkylation sites (N-methyl/N-ethyl adjacent to an activating group) is 1. The molecule has 1 atom stereocenters. The lowest BCUT2D eigenvalue weighted by molar-refractivity contribution is -0.00832. The van der Waals surface area contributed by atoms with Crippen LogP contribution in [0.5, 0.6) is 0 Å². The third-order valence-corrected chi connectivity index (χ3v) is 3.67. The van der Waals surface area contributed by atoms with Crippen LogP contribution in [0.1, 0.15) is 30.5 Å². The topological polar surface area (TPSA) is 15.3 Å². The van der Waals surface area contributed by atoms with Gasteiger partial charge in [0.1, 0.15) is 0 Å². The Balaban J connectivity index is 2.17. The fraction of sp³-hybridized carbons (Fsp3) is 0.571. The Bertz CT molecular complexity index is 389. The summed E-state index contributed by atoms with van der Waals surface area (Å²) in [5.41, 5.74) is 1.21. The Labute approximate surface area is 107 Å². The van der Waals surface area contributed by atoms with Gasteiger partial charge in [0.2, 0.25) is 0 Å². The lowest BCUT2D eigenvalue weighted by Gasteiger charge is -2.33. The van der Waals surface area contributed by atoms with Crippen molar-refractivity contribution in [1.29, 1.82) is 0 Å². The predicted octanol–water partition coefficient (Wildman–Crippen LogP) is 2.76. The van der Waals surface area contributed by atoms with Crippen LogP contribution in [0.4, 0.5) is 8.78 Å². The van der Waals surface area contributed by atoms with Crippen LogP contribution < -0.4 is 5.32 Å². The monoisotopic (exact) mass is 254 g/mol. The summed E-state index contributed by atoms with van der Waals surface area (Å²) in [4.78, 5) is 2.25. The van der Waals surface area contributed by atoms with E-state index in [0.29, 0.717) is 0 Å². The molecule has 0 radical (unpaired) electrons. The van der Waals surface area contributed by atoms with Crippen molar-refractivity contribution in [2.45, 2.75) is 25.3 Å². The van der Waals surface area contributed by atoms with E-state index < -0.39 is 5.92 Å². The van der Waals surface area contributed by atoms with E-state index in [0.717, 1.165) is 25.2 Å². The van der Waals surface area contributed by atoms with E-state index in [1.165, 1.54) is 6.92 Å². The first-order valence-electron chi connectivity index (χ1n) is 6.44. The number of benzene rings is 1. The first kappa shape index (κ1) is 13.4. The van der Waals surface area contributed by atoms with E-state index in [1.807, 2.05) is 12.1 Å². The lowest BCUT2D eigenvalue weighted by Crippen LogP contribution is -2.43. The molecule has 0 spiro atoms. The molecule has 1 aromatic rings. The van der Waals surface area contributed by atoms with Gasteiger partial charge in [0.05, 0.1) is 0 Å². The minimum Gasteiger partial charge on any atom is -0.314 e. The van der Waals surface area contributed by atoms with Gasteiger partial charge in [-0.15, -0.1) is 0 Å². The zero-order valence-corrected chi connectivity index (χ0v) is 10.9. The van der Waals surface area contributed by atoms with Crippen molar-refractivity contribution in [1.82, 2.24) is 10.2 Å². The van der Waals surface area contributed by atoms with Gasteiger partial charge in [-0.3, -0.25) is 4.90 Å². The van der Waals surface area contributed by atoms with Crippen molar-refractivity contribution in [2.75, 3.05) is 26.7 Å². The second-order valence-electron chi connectivity index (χ2n) is 4.88. The Hall–Kier alpha value is -1.00. The summed E-state index contributed by atoms with van der Waals surface area (Å²) in [7, 11) is 2.07. The second-order valence-corrected chi connectivity index (χ2v) is 4.88. The van der Waals surface area contributed by atoms with E-state index in [2.05, 4.69) is 17.3 Å². The minimum atomic E-state index is -2.71. The van der Waals surface area contributed by atoms with E-state index >= 15 is 0 Å². The van der Waals surface area contributed by atoms with Gasteiger partial charge < -0.3 is 5.32 Å². The van der Waals surface area contributed by atoms with Crippen molar-refractivity contribution in [3.8, 4) is 0 Å². The molecule has 1 heterocycles. The van der Waals surface area contributed by atoms with Gasteiger partial charge in [-0.05, 0) is 12.6 Å². The van der Waals surface area contributed by atoms with Crippen molar-refractivity contribution in [2.24, 2.45) is 0 Å². The van der Waals surface area contributed by atoms with Crippen LogP contribution >= 0.6 is 0 Å². The summed E-state index contributed by atoms with van der Waals surface area (Å²) in [5, 5.41) is 3.33. The summed E-state index contributed by atoms with van der Waals surface area (Å²) in [5.74, 6) is -2.71. The third kappa shape index (κ3) is 2.70. The summed E-state index contributed by atoms with van der Waals surface area (Å²) in [6.07, 6.45) is -0.156. The van der Waals surface area contributed by atoms with Crippen LogP contribution in [0, 0.1) is 0 Å². The molecule has 1 aliphatic heterocycles. The van der Waals surface area contributed by atoms with Crippen LogP contribution in [-0.2, 0) is 5.92 Å².